The monoisotopic (exact) mass is 470 g/mol. The number of imidazole rings is 1. The lowest BCUT2D eigenvalue weighted by molar-refractivity contribution is 0.256. The fourth-order valence-electron chi connectivity index (χ4n) is 2.50. The van der Waals surface area contributed by atoms with E-state index in [0.717, 1.165) is 4.40 Å². The van der Waals surface area contributed by atoms with Gasteiger partial charge in [0.15, 0.2) is 19.9 Å². The Labute approximate surface area is 177 Å². The van der Waals surface area contributed by atoms with E-state index in [1.807, 2.05) is 0 Å². The highest BCUT2D eigenvalue weighted by molar-refractivity contribution is 7.93. The van der Waals surface area contributed by atoms with Crippen LogP contribution in [0.2, 0.25) is 0 Å². The van der Waals surface area contributed by atoms with Crippen molar-refractivity contribution >= 4 is 37.5 Å². The van der Waals surface area contributed by atoms with Gasteiger partial charge in [-0.05, 0) is 12.1 Å². The van der Waals surface area contributed by atoms with E-state index >= 15 is 0 Å². The number of sulfone groups is 1. The number of anilines is 1. The molecule has 0 aromatic carbocycles. The average molecular weight is 470 g/mol. The summed E-state index contributed by atoms with van der Waals surface area (Å²) in [6.07, 6.45) is 1.32. The first-order valence-corrected chi connectivity index (χ1v) is 11.8. The summed E-state index contributed by atoms with van der Waals surface area (Å²) in [7, 11) is -6.04. The van der Waals surface area contributed by atoms with Gasteiger partial charge in [0.1, 0.15) is 5.65 Å². The van der Waals surface area contributed by atoms with E-state index in [1.165, 1.54) is 45.5 Å². The van der Waals surface area contributed by atoms with Crippen molar-refractivity contribution in [1.82, 2.24) is 24.1 Å². The Morgan fingerprint density at radius 2 is 1.71 bits per heavy atom. The molecule has 0 bridgehead atoms. The summed E-state index contributed by atoms with van der Waals surface area (Å²) < 4.78 is 63.5. The van der Waals surface area contributed by atoms with Crippen LogP contribution in [-0.2, 0) is 19.9 Å². The highest BCUT2D eigenvalue weighted by Crippen LogP contribution is 2.23. The van der Waals surface area contributed by atoms with Crippen molar-refractivity contribution in [1.29, 1.82) is 0 Å². The largest absolute Gasteiger partial charge is 0.481 e. The average Bonchev–Trinajstić information content (AvgIpc) is 3.14. The lowest BCUT2D eigenvalue weighted by atomic mass is 10.5. The van der Waals surface area contributed by atoms with Crippen molar-refractivity contribution in [3.8, 4) is 11.8 Å². The molecule has 0 aliphatic carbocycles. The van der Waals surface area contributed by atoms with E-state index in [9.17, 15) is 21.6 Å². The molecule has 0 radical (unpaired) electrons. The number of rotatable bonds is 7. The molecule has 0 aliphatic rings. The van der Waals surface area contributed by atoms with Gasteiger partial charge in [0.25, 0.3) is 10.0 Å². The second-order valence-electron chi connectivity index (χ2n) is 5.89. The maximum atomic E-state index is 13.0. The molecule has 13 nitrogen and oxygen atoms in total. The molecule has 3 aromatic rings. The third-order valence-electron chi connectivity index (χ3n) is 3.94. The van der Waals surface area contributed by atoms with Crippen molar-refractivity contribution in [2.75, 3.05) is 25.3 Å². The van der Waals surface area contributed by atoms with Gasteiger partial charge in [0.2, 0.25) is 17.7 Å². The molecule has 31 heavy (non-hydrogen) atoms. The van der Waals surface area contributed by atoms with E-state index in [2.05, 4.69) is 20.3 Å². The molecule has 2 N–H and O–H groups in total. The third kappa shape index (κ3) is 4.51. The highest BCUT2D eigenvalue weighted by atomic mass is 32.2. The molecular weight excluding hydrogens is 452 g/mol. The van der Waals surface area contributed by atoms with Crippen molar-refractivity contribution < 1.29 is 31.1 Å². The molecule has 2 amide bonds. The molecule has 3 heterocycles. The smallest absolute Gasteiger partial charge is 0.335 e. The zero-order valence-electron chi connectivity index (χ0n) is 16.6. The van der Waals surface area contributed by atoms with Crippen LogP contribution in [0.3, 0.4) is 0 Å². The zero-order chi connectivity index (χ0) is 22.8. The van der Waals surface area contributed by atoms with Crippen LogP contribution in [0.15, 0.2) is 40.5 Å². The Hall–Kier alpha value is -3.46. The Morgan fingerprint density at radius 1 is 1.06 bits per heavy atom. The van der Waals surface area contributed by atoms with E-state index < -0.39 is 35.9 Å². The van der Waals surface area contributed by atoms with Crippen LogP contribution in [0.25, 0.3) is 5.65 Å². The standard InChI is InChI=1S/C16H18N6O7S2/c1-4-30(24,25)13-14(22-8-6-5-7-10(22)17-13)31(26,27)21-16(23)20-15-18-11(28-2)9-12(19-15)29-3/h5-9H,4H2,1-3H3,(H2,18,19,20,21,23). The number of carbonyl (C=O) groups excluding carboxylic acids is 1. The van der Waals surface area contributed by atoms with Crippen molar-refractivity contribution in [2.24, 2.45) is 0 Å². The van der Waals surface area contributed by atoms with Gasteiger partial charge in [-0.1, -0.05) is 13.0 Å². The lowest BCUT2D eigenvalue weighted by Gasteiger charge is -2.10. The Balaban J connectivity index is 1.99. The lowest BCUT2D eigenvalue weighted by Crippen LogP contribution is -2.36. The number of urea groups is 1. The minimum Gasteiger partial charge on any atom is -0.481 e. The van der Waals surface area contributed by atoms with E-state index in [4.69, 9.17) is 9.47 Å². The van der Waals surface area contributed by atoms with Gasteiger partial charge in [-0.2, -0.15) is 18.4 Å². The molecule has 0 aliphatic heterocycles. The summed E-state index contributed by atoms with van der Waals surface area (Å²) in [6.45, 7) is 1.35. The molecule has 15 heteroatoms. The number of nitrogens with zero attached hydrogens (tertiary/aromatic N) is 4. The van der Waals surface area contributed by atoms with E-state index in [-0.39, 0.29) is 29.1 Å². The molecule has 0 saturated heterocycles. The van der Waals surface area contributed by atoms with Crippen LogP contribution in [0, 0.1) is 0 Å². The first-order chi connectivity index (χ1) is 14.6. The summed E-state index contributed by atoms with van der Waals surface area (Å²) in [5.41, 5.74) is 0.0798. The van der Waals surface area contributed by atoms with Crippen LogP contribution in [0.1, 0.15) is 6.92 Å². The summed E-state index contributed by atoms with van der Waals surface area (Å²) in [5, 5.41) is 0.783. The van der Waals surface area contributed by atoms with Gasteiger partial charge in [-0.15, -0.1) is 0 Å². The van der Waals surface area contributed by atoms with Gasteiger partial charge >= 0.3 is 6.03 Å². The highest BCUT2D eigenvalue weighted by Gasteiger charge is 2.33. The molecule has 0 saturated carbocycles. The summed E-state index contributed by atoms with van der Waals surface area (Å²) >= 11 is 0. The quantitative estimate of drug-likeness (QED) is 0.494. The van der Waals surface area contributed by atoms with Crippen molar-refractivity contribution in [2.45, 2.75) is 17.0 Å². The maximum absolute atomic E-state index is 13.0. The first-order valence-electron chi connectivity index (χ1n) is 8.62. The number of pyridine rings is 1. The number of hydrogen-bond acceptors (Lipinski definition) is 10. The molecule has 3 aromatic heterocycles. The fourth-order valence-corrected chi connectivity index (χ4v) is 5.16. The predicted molar refractivity (Wildman–Crippen MR) is 107 cm³/mol. The topological polar surface area (TPSA) is 171 Å². The van der Waals surface area contributed by atoms with Gasteiger partial charge in [-0.3, -0.25) is 9.72 Å². The van der Waals surface area contributed by atoms with Gasteiger partial charge < -0.3 is 9.47 Å². The molecule has 3 rings (SSSR count). The number of ether oxygens (including phenoxy) is 2. The molecule has 0 atom stereocenters. The molecular formula is C16H18N6O7S2. The SMILES string of the molecule is CCS(=O)(=O)c1nc2ccccn2c1S(=O)(=O)NC(=O)Nc1nc(OC)cc(OC)n1. The van der Waals surface area contributed by atoms with Gasteiger partial charge in [-0.25, -0.2) is 22.9 Å². The first kappa shape index (κ1) is 22.2. The number of fused-ring (bicyclic) bond motifs is 1. The number of nitrogens with one attached hydrogen (secondary N) is 2. The van der Waals surface area contributed by atoms with Crippen LogP contribution >= 0.6 is 0 Å². The zero-order valence-corrected chi connectivity index (χ0v) is 18.2. The summed E-state index contributed by atoms with van der Waals surface area (Å²) in [5.74, 6) is -0.571. The van der Waals surface area contributed by atoms with Crippen LogP contribution in [0.5, 0.6) is 11.8 Å². The number of sulfonamides is 1. The number of amides is 2. The molecule has 0 fully saturated rings. The van der Waals surface area contributed by atoms with Crippen LogP contribution in [-0.4, -0.2) is 62.2 Å². The normalized spacial score (nSPS) is 11.8. The number of hydrogen-bond donors (Lipinski definition) is 2. The predicted octanol–water partition coefficient (Wildman–Crippen LogP) is 0.445. The fraction of sp³-hybridized carbons (Fsp3) is 0.250. The summed E-state index contributed by atoms with van der Waals surface area (Å²) in [4.78, 5) is 24.0. The van der Waals surface area contributed by atoms with Crippen LogP contribution in [0.4, 0.5) is 10.7 Å². The Bertz CT molecular complexity index is 1330. The number of methoxy groups -OCH3 is 2. The van der Waals surface area contributed by atoms with Crippen LogP contribution < -0.4 is 19.5 Å². The van der Waals surface area contributed by atoms with Crippen molar-refractivity contribution in [3.63, 3.8) is 0 Å². The molecule has 0 spiro atoms. The summed E-state index contributed by atoms with van der Waals surface area (Å²) in [6, 6.07) is 4.60. The van der Waals surface area contributed by atoms with Gasteiger partial charge in [0.05, 0.1) is 26.0 Å². The Morgan fingerprint density at radius 3 is 2.29 bits per heavy atom. The minimum atomic E-state index is -4.68. The second-order valence-corrected chi connectivity index (χ2v) is 9.68. The third-order valence-corrected chi connectivity index (χ3v) is 7.05. The van der Waals surface area contributed by atoms with Gasteiger partial charge in [0, 0.05) is 6.20 Å². The van der Waals surface area contributed by atoms with E-state index in [0.29, 0.717) is 0 Å². The molecule has 166 valence electrons. The second kappa shape index (κ2) is 8.35. The minimum absolute atomic E-state index is 0.0584. The number of aromatic nitrogens is 4. The Kier molecular flexibility index (Phi) is 5.99. The number of carbonyl (C=O) groups is 1. The maximum Gasteiger partial charge on any atom is 0.335 e. The molecule has 0 unspecified atom stereocenters. The van der Waals surface area contributed by atoms with Crippen molar-refractivity contribution in [3.05, 3.63) is 30.5 Å². The van der Waals surface area contributed by atoms with E-state index in [1.54, 1.807) is 10.8 Å².